The van der Waals surface area contributed by atoms with E-state index in [4.69, 9.17) is 11.6 Å². The van der Waals surface area contributed by atoms with E-state index in [1.54, 1.807) is 30.3 Å². The molecule has 9 rings (SSSR count). The van der Waals surface area contributed by atoms with Crippen LogP contribution in [-0.2, 0) is 19.4 Å². The van der Waals surface area contributed by atoms with Crippen LogP contribution >= 0.6 is 11.6 Å². The van der Waals surface area contributed by atoms with Crippen molar-refractivity contribution >= 4 is 62.1 Å². The van der Waals surface area contributed by atoms with E-state index < -0.39 is 44.8 Å². The summed E-state index contributed by atoms with van der Waals surface area (Å²) in [5.74, 6) is -1.55. The number of hydrogen-bond acceptors (Lipinski definition) is 11. The maximum atomic E-state index is 13.8. The number of rotatable bonds is 8. The maximum absolute atomic E-state index is 13.8. The molecule has 61 heavy (non-hydrogen) atoms. The van der Waals surface area contributed by atoms with E-state index in [0.717, 1.165) is 106 Å². The molecule has 0 saturated carbocycles. The van der Waals surface area contributed by atoms with Crippen molar-refractivity contribution < 1.29 is 27.6 Å². The van der Waals surface area contributed by atoms with Crippen LogP contribution in [-0.4, -0.2) is 112 Å². The molecule has 0 bridgehead atoms. The van der Waals surface area contributed by atoms with E-state index in [1.807, 2.05) is 30.3 Å². The summed E-state index contributed by atoms with van der Waals surface area (Å²) in [5, 5.41) is 11.6. The van der Waals surface area contributed by atoms with Crippen molar-refractivity contribution in [3.8, 4) is 6.07 Å². The van der Waals surface area contributed by atoms with Crippen LogP contribution in [0.25, 0.3) is 0 Å². The van der Waals surface area contributed by atoms with Crippen LogP contribution in [0.5, 0.6) is 0 Å². The molecular formula is C46H52ClN7O6S. The molecule has 0 aromatic heterocycles. The highest BCUT2D eigenvalue weighted by Gasteiger charge is 2.46. The average molecular weight is 866 g/mol. The Morgan fingerprint density at radius 2 is 1.44 bits per heavy atom. The van der Waals surface area contributed by atoms with Gasteiger partial charge in [0.15, 0.2) is 9.84 Å². The number of benzene rings is 3. The summed E-state index contributed by atoms with van der Waals surface area (Å²) < 4.78 is 27.7. The molecule has 13 nitrogen and oxygen atoms in total. The number of nitriles is 1. The predicted molar refractivity (Wildman–Crippen MR) is 233 cm³/mol. The Hall–Kier alpha value is -4.97. The number of hydrogen-bond donors (Lipinski definition) is 1. The number of carbonyl (C=O) groups excluding carboxylic acids is 4. The van der Waals surface area contributed by atoms with Gasteiger partial charge in [-0.3, -0.25) is 29.4 Å². The van der Waals surface area contributed by atoms with Crippen LogP contribution in [0, 0.1) is 22.7 Å². The Kier molecular flexibility index (Phi) is 11.1. The van der Waals surface area contributed by atoms with E-state index in [-0.39, 0.29) is 23.8 Å². The Balaban J connectivity index is 0.732. The second-order valence-electron chi connectivity index (χ2n) is 18.1. The minimum Gasteiger partial charge on any atom is -0.371 e. The molecule has 0 aliphatic carbocycles. The topological polar surface area (TPSA) is 154 Å². The summed E-state index contributed by atoms with van der Waals surface area (Å²) in [5.41, 5.74) is 4.27. The van der Waals surface area contributed by atoms with Crippen molar-refractivity contribution in [2.75, 3.05) is 67.1 Å². The zero-order chi connectivity index (χ0) is 42.6. The number of amides is 4. The van der Waals surface area contributed by atoms with Crippen LogP contribution in [0.4, 0.5) is 17.1 Å². The van der Waals surface area contributed by atoms with Crippen LogP contribution in [0.15, 0.2) is 65.6 Å². The summed E-state index contributed by atoms with van der Waals surface area (Å²) in [7, 11) is -3.46. The zero-order valence-corrected chi connectivity index (χ0v) is 36.1. The van der Waals surface area contributed by atoms with E-state index in [9.17, 15) is 32.9 Å². The predicted octanol–water partition coefficient (Wildman–Crippen LogP) is 5.65. The van der Waals surface area contributed by atoms with Crippen LogP contribution < -0.4 is 20.0 Å². The average Bonchev–Trinajstić information content (AvgIpc) is 3.72. The van der Waals surface area contributed by atoms with E-state index >= 15 is 0 Å². The molecule has 6 aliphatic heterocycles. The van der Waals surface area contributed by atoms with Crippen molar-refractivity contribution in [1.29, 1.82) is 5.26 Å². The number of nitrogens with one attached hydrogen (secondary N) is 1. The quantitative estimate of drug-likeness (QED) is 0.280. The van der Waals surface area contributed by atoms with E-state index in [1.165, 1.54) is 0 Å². The molecule has 3 aromatic rings. The molecule has 15 heteroatoms. The van der Waals surface area contributed by atoms with Crippen LogP contribution in [0.2, 0.25) is 5.02 Å². The van der Waals surface area contributed by atoms with Gasteiger partial charge < -0.3 is 19.6 Å². The molecule has 3 aromatic carbocycles. The lowest BCUT2D eigenvalue weighted by Gasteiger charge is -2.40. The molecule has 5 saturated heterocycles. The van der Waals surface area contributed by atoms with Gasteiger partial charge in [-0.2, -0.15) is 5.26 Å². The number of likely N-dealkylation sites (tertiary alicyclic amines) is 1. The Labute approximate surface area is 362 Å². The third-order valence-electron chi connectivity index (χ3n) is 14.4. The summed E-state index contributed by atoms with van der Waals surface area (Å²) >= 11 is 6.38. The SMILES string of the molecule is C[C@H]1CC2(CCN(c3ccc(S(=O)(=O)C4CCN(CC5CCN(c6ccc7c(c6)C(=O)N(C6CCC(=O)NC6=O)C7=O)CC5)CC4)cc3)CC2)CN1c1ccc(C#N)c(Cl)c1. The Morgan fingerprint density at radius 1 is 0.787 bits per heavy atom. The first-order chi connectivity index (χ1) is 29.3. The highest BCUT2D eigenvalue weighted by molar-refractivity contribution is 7.92. The number of imide groups is 2. The van der Waals surface area contributed by atoms with Gasteiger partial charge in [-0.25, -0.2) is 8.42 Å². The third kappa shape index (κ3) is 7.89. The van der Waals surface area contributed by atoms with Crippen LogP contribution in [0.3, 0.4) is 0 Å². The summed E-state index contributed by atoms with van der Waals surface area (Å²) in [6.45, 7) is 9.08. The highest BCUT2D eigenvalue weighted by atomic mass is 35.5. The lowest BCUT2D eigenvalue weighted by Crippen LogP contribution is -2.54. The summed E-state index contributed by atoms with van der Waals surface area (Å²) in [4.78, 5) is 61.4. The van der Waals surface area contributed by atoms with Crippen molar-refractivity contribution in [1.82, 2.24) is 15.1 Å². The van der Waals surface area contributed by atoms with E-state index in [0.29, 0.717) is 45.8 Å². The van der Waals surface area contributed by atoms with Gasteiger partial charge in [0.05, 0.1) is 31.9 Å². The Bertz CT molecular complexity index is 2400. The molecule has 6 heterocycles. The number of nitrogens with zero attached hydrogens (tertiary/aromatic N) is 6. The molecule has 6 aliphatic rings. The number of fused-ring (bicyclic) bond motifs is 1. The van der Waals surface area contributed by atoms with Gasteiger partial charge in [-0.1, -0.05) is 11.6 Å². The fourth-order valence-electron chi connectivity index (χ4n) is 10.9. The van der Waals surface area contributed by atoms with Gasteiger partial charge in [-0.05, 0) is 143 Å². The zero-order valence-electron chi connectivity index (χ0n) is 34.5. The molecule has 1 unspecified atom stereocenters. The first-order valence-corrected chi connectivity index (χ1v) is 23.6. The highest BCUT2D eigenvalue weighted by Crippen LogP contribution is 2.46. The van der Waals surface area contributed by atoms with Gasteiger partial charge in [0, 0.05) is 68.8 Å². The second-order valence-corrected chi connectivity index (χ2v) is 20.7. The molecule has 2 atom stereocenters. The largest absolute Gasteiger partial charge is 0.371 e. The van der Waals surface area contributed by atoms with Crippen molar-refractivity contribution in [3.05, 3.63) is 82.4 Å². The van der Waals surface area contributed by atoms with Crippen molar-refractivity contribution in [2.24, 2.45) is 11.3 Å². The summed E-state index contributed by atoms with van der Waals surface area (Å²) in [6, 6.07) is 20.1. The minimum atomic E-state index is -3.46. The second kappa shape index (κ2) is 16.4. The lowest BCUT2D eigenvalue weighted by atomic mass is 9.76. The van der Waals surface area contributed by atoms with Gasteiger partial charge in [-0.15, -0.1) is 0 Å². The number of sulfone groups is 1. The first kappa shape index (κ1) is 41.4. The molecule has 5 fully saturated rings. The number of carbonyl (C=O) groups is 4. The fourth-order valence-corrected chi connectivity index (χ4v) is 12.8. The lowest BCUT2D eigenvalue weighted by molar-refractivity contribution is -0.136. The van der Waals surface area contributed by atoms with Gasteiger partial charge >= 0.3 is 0 Å². The normalized spacial score (nSPS) is 24.1. The molecule has 1 spiro atoms. The Morgan fingerprint density at radius 3 is 2.11 bits per heavy atom. The standard InChI is InChI=1S/C46H52ClN7O6S/c1-30-26-46(29-53(30)35-3-2-32(27-48)40(47)25-35)16-22-52(23-17-46)33-4-7-36(8-5-33)61(59,60)37-14-18-50(19-15-37)28-31-12-20-51(21-13-31)34-6-9-38-39(24-34)45(58)54(44(38)57)41-10-11-42(55)49-43(41)56/h2-9,24-25,30-31,37,41H,10-23,26,28-29H2,1H3,(H,49,55,56)/t30-,41?/m0/s1. The van der Waals surface area contributed by atoms with Crippen molar-refractivity contribution in [2.45, 2.75) is 86.9 Å². The number of anilines is 3. The molecule has 320 valence electrons. The van der Waals surface area contributed by atoms with Crippen molar-refractivity contribution in [3.63, 3.8) is 0 Å². The number of piperidine rings is 4. The monoisotopic (exact) mass is 865 g/mol. The molecule has 0 radical (unpaired) electrons. The van der Waals surface area contributed by atoms with Gasteiger partial charge in [0.2, 0.25) is 11.8 Å². The molecule has 1 N–H and O–H groups in total. The first-order valence-electron chi connectivity index (χ1n) is 21.7. The number of halogens is 1. The smallest absolute Gasteiger partial charge is 0.262 e. The minimum absolute atomic E-state index is 0.0816. The van der Waals surface area contributed by atoms with Gasteiger partial charge in [0.1, 0.15) is 12.1 Å². The third-order valence-corrected chi connectivity index (χ3v) is 17.0. The maximum Gasteiger partial charge on any atom is 0.262 e. The summed E-state index contributed by atoms with van der Waals surface area (Å²) in [6.07, 6.45) is 6.57. The van der Waals surface area contributed by atoms with Crippen LogP contribution in [0.1, 0.15) is 91.0 Å². The van der Waals surface area contributed by atoms with E-state index in [2.05, 4.69) is 37.9 Å². The molecular weight excluding hydrogens is 814 g/mol. The molecule has 4 amide bonds. The van der Waals surface area contributed by atoms with Gasteiger partial charge in [0.25, 0.3) is 11.8 Å². The fraction of sp³-hybridized carbons (Fsp3) is 0.500.